The van der Waals surface area contributed by atoms with Gasteiger partial charge in [0.25, 0.3) is 0 Å². The summed E-state index contributed by atoms with van der Waals surface area (Å²) in [6.07, 6.45) is 10.4. The Balaban J connectivity index is 1.90. The Labute approximate surface area is 107 Å². The van der Waals surface area contributed by atoms with E-state index >= 15 is 0 Å². The number of aliphatic hydroxyl groups is 1. The Morgan fingerprint density at radius 1 is 1.28 bits per heavy atom. The van der Waals surface area contributed by atoms with Gasteiger partial charge in [-0.25, -0.2) is 0 Å². The SMILES string of the molecule is C#CCOc1ccc(N[C@@H]2C=C[C@H](O)CC2)cc1. The van der Waals surface area contributed by atoms with Crippen molar-refractivity contribution in [1.29, 1.82) is 0 Å². The van der Waals surface area contributed by atoms with Crippen molar-refractivity contribution in [2.45, 2.75) is 25.0 Å². The van der Waals surface area contributed by atoms with E-state index in [0.717, 1.165) is 24.3 Å². The molecule has 2 N–H and O–H groups in total. The van der Waals surface area contributed by atoms with Gasteiger partial charge in [0.05, 0.1) is 6.10 Å². The summed E-state index contributed by atoms with van der Waals surface area (Å²) in [7, 11) is 0. The number of hydrogen-bond donors (Lipinski definition) is 2. The van der Waals surface area contributed by atoms with E-state index in [9.17, 15) is 5.11 Å². The number of aliphatic hydroxyl groups excluding tert-OH is 1. The number of terminal acetylenes is 1. The zero-order chi connectivity index (χ0) is 12.8. The summed E-state index contributed by atoms with van der Waals surface area (Å²) >= 11 is 0. The van der Waals surface area contributed by atoms with E-state index in [1.807, 2.05) is 36.4 Å². The Kier molecular flexibility index (Phi) is 4.27. The number of benzene rings is 1. The van der Waals surface area contributed by atoms with Crippen LogP contribution in [0.15, 0.2) is 36.4 Å². The predicted octanol–water partition coefficient (Wildman–Crippen LogP) is 2.19. The maximum Gasteiger partial charge on any atom is 0.148 e. The molecule has 0 saturated carbocycles. The standard InChI is InChI=1S/C15H17NO2/c1-2-11-18-15-9-5-13(6-10-15)16-12-3-7-14(17)8-4-12/h1,3,5-7,9-10,12,14,16-17H,4,8,11H2/t12-,14+/m1/s1. The molecule has 1 aliphatic rings. The second kappa shape index (κ2) is 6.13. The summed E-state index contributed by atoms with van der Waals surface area (Å²) in [6.45, 7) is 0.288. The van der Waals surface area contributed by atoms with Crippen LogP contribution in [0.25, 0.3) is 0 Å². The second-order valence-corrected chi connectivity index (χ2v) is 4.30. The molecule has 94 valence electrons. The minimum absolute atomic E-state index is 0.283. The van der Waals surface area contributed by atoms with E-state index in [4.69, 9.17) is 11.2 Å². The van der Waals surface area contributed by atoms with Gasteiger partial charge in [0.1, 0.15) is 12.4 Å². The van der Waals surface area contributed by atoms with Crippen LogP contribution in [0, 0.1) is 12.3 Å². The maximum atomic E-state index is 9.36. The summed E-state index contributed by atoms with van der Waals surface area (Å²) < 4.78 is 5.30. The minimum Gasteiger partial charge on any atom is -0.481 e. The van der Waals surface area contributed by atoms with E-state index in [1.54, 1.807) is 0 Å². The lowest BCUT2D eigenvalue weighted by Crippen LogP contribution is -2.23. The van der Waals surface area contributed by atoms with Gasteiger partial charge in [-0.15, -0.1) is 6.42 Å². The first-order valence-corrected chi connectivity index (χ1v) is 6.07. The van der Waals surface area contributed by atoms with Crippen molar-refractivity contribution >= 4 is 5.69 Å². The molecule has 0 radical (unpaired) electrons. The average Bonchev–Trinajstić information content (AvgIpc) is 2.41. The van der Waals surface area contributed by atoms with Gasteiger partial charge in [0, 0.05) is 11.7 Å². The van der Waals surface area contributed by atoms with E-state index in [-0.39, 0.29) is 18.8 Å². The highest BCUT2D eigenvalue weighted by Crippen LogP contribution is 2.19. The molecular formula is C15H17NO2. The van der Waals surface area contributed by atoms with Crippen molar-refractivity contribution in [2.24, 2.45) is 0 Å². The zero-order valence-electron chi connectivity index (χ0n) is 10.2. The van der Waals surface area contributed by atoms with Crippen molar-refractivity contribution in [3.05, 3.63) is 36.4 Å². The molecule has 0 amide bonds. The van der Waals surface area contributed by atoms with Crippen molar-refractivity contribution in [2.75, 3.05) is 11.9 Å². The number of anilines is 1. The molecule has 0 unspecified atom stereocenters. The highest BCUT2D eigenvalue weighted by Gasteiger charge is 2.12. The summed E-state index contributed by atoms with van der Waals surface area (Å²) in [5.41, 5.74) is 1.04. The van der Waals surface area contributed by atoms with Gasteiger partial charge in [-0.2, -0.15) is 0 Å². The number of hydrogen-bond acceptors (Lipinski definition) is 3. The molecule has 2 rings (SSSR count). The van der Waals surface area contributed by atoms with Crippen LogP contribution < -0.4 is 10.1 Å². The minimum atomic E-state index is -0.289. The molecule has 2 atom stereocenters. The first-order chi connectivity index (χ1) is 8.78. The third-order valence-electron chi connectivity index (χ3n) is 2.87. The van der Waals surface area contributed by atoms with Gasteiger partial charge in [-0.1, -0.05) is 18.1 Å². The molecule has 0 aromatic heterocycles. The molecular weight excluding hydrogens is 226 g/mol. The Bertz CT molecular complexity index is 445. The van der Waals surface area contributed by atoms with Crippen LogP contribution in [-0.2, 0) is 0 Å². The molecule has 3 nitrogen and oxygen atoms in total. The fraction of sp³-hybridized carbons (Fsp3) is 0.333. The molecule has 0 spiro atoms. The highest BCUT2D eigenvalue weighted by atomic mass is 16.5. The number of nitrogens with one attached hydrogen (secondary N) is 1. The van der Waals surface area contributed by atoms with Gasteiger partial charge in [-0.05, 0) is 37.1 Å². The van der Waals surface area contributed by atoms with Crippen LogP contribution in [-0.4, -0.2) is 23.9 Å². The lowest BCUT2D eigenvalue weighted by molar-refractivity contribution is 0.202. The van der Waals surface area contributed by atoms with Gasteiger partial charge in [0.15, 0.2) is 0 Å². The summed E-state index contributed by atoms with van der Waals surface area (Å²) in [5, 5.41) is 12.8. The van der Waals surface area contributed by atoms with E-state index in [2.05, 4.69) is 11.2 Å². The van der Waals surface area contributed by atoms with E-state index in [1.165, 1.54) is 0 Å². The number of ether oxygens (including phenoxy) is 1. The normalized spacial score (nSPS) is 22.2. The fourth-order valence-electron chi connectivity index (χ4n) is 1.91. The van der Waals surface area contributed by atoms with E-state index < -0.39 is 0 Å². The Morgan fingerprint density at radius 2 is 2.06 bits per heavy atom. The van der Waals surface area contributed by atoms with Crippen LogP contribution in [0.3, 0.4) is 0 Å². The van der Waals surface area contributed by atoms with Crippen LogP contribution in [0.1, 0.15) is 12.8 Å². The molecule has 0 saturated heterocycles. The molecule has 0 fully saturated rings. The summed E-state index contributed by atoms with van der Waals surface area (Å²) in [4.78, 5) is 0. The van der Waals surface area contributed by atoms with Crippen LogP contribution in [0.5, 0.6) is 5.75 Å². The van der Waals surface area contributed by atoms with Gasteiger partial charge in [-0.3, -0.25) is 0 Å². The highest BCUT2D eigenvalue weighted by molar-refractivity contribution is 5.48. The fourth-order valence-corrected chi connectivity index (χ4v) is 1.91. The summed E-state index contributed by atoms with van der Waals surface area (Å²) in [6, 6.07) is 7.99. The smallest absolute Gasteiger partial charge is 0.148 e. The summed E-state index contributed by atoms with van der Waals surface area (Å²) in [5.74, 6) is 3.20. The predicted molar refractivity (Wildman–Crippen MR) is 72.6 cm³/mol. The Morgan fingerprint density at radius 3 is 2.67 bits per heavy atom. The quantitative estimate of drug-likeness (QED) is 0.629. The average molecular weight is 243 g/mol. The first-order valence-electron chi connectivity index (χ1n) is 6.07. The molecule has 1 aromatic rings. The number of rotatable bonds is 4. The second-order valence-electron chi connectivity index (χ2n) is 4.30. The van der Waals surface area contributed by atoms with Gasteiger partial charge in [0.2, 0.25) is 0 Å². The third-order valence-corrected chi connectivity index (χ3v) is 2.87. The maximum absolute atomic E-state index is 9.36. The van der Waals surface area contributed by atoms with Crippen molar-refractivity contribution < 1.29 is 9.84 Å². The molecule has 1 aliphatic carbocycles. The first kappa shape index (κ1) is 12.5. The Hall–Kier alpha value is -1.92. The van der Waals surface area contributed by atoms with Gasteiger partial charge < -0.3 is 15.2 Å². The van der Waals surface area contributed by atoms with Crippen LogP contribution in [0.2, 0.25) is 0 Å². The van der Waals surface area contributed by atoms with Gasteiger partial charge >= 0.3 is 0 Å². The molecule has 1 aromatic carbocycles. The molecule has 3 heteroatoms. The topological polar surface area (TPSA) is 41.5 Å². The largest absolute Gasteiger partial charge is 0.481 e. The van der Waals surface area contributed by atoms with Crippen molar-refractivity contribution in [3.63, 3.8) is 0 Å². The molecule has 0 aliphatic heterocycles. The van der Waals surface area contributed by atoms with E-state index in [0.29, 0.717) is 0 Å². The third kappa shape index (κ3) is 3.54. The van der Waals surface area contributed by atoms with Crippen molar-refractivity contribution in [1.82, 2.24) is 0 Å². The van der Waals surface area contributed by atoms with Crippen LogP contribution >= 0.6 is 0 Å². The lowest BCUT2D eigenvalue weighted by atomic mass is 10.0. The molecule has 0 bridgehead atoms. The zero-order valence-corrected chi connectivity index (χ0v) is 10.2. The monoisotopic (exact) mass is 243 g/mol. The molecule has 18 heavy (non-hydrogen) atoms. The van der Waals surface area contributed by atoms with Crippen LogP contribution in [0.4, 0.5) is 5.69 Å². The van der Waals surface area contributed by atoms with Crippen molar-refractivity contribution in [3.8, 4) is 18.1 Å². The lowest BCUT2D eigenvalue weighted by Gasteiger charge is -2.21. The molecule has 0 heterocycles.